The molecule has 0 bridgehead atoms. The molecule has 2 N–H and O–H groups in total. The molecular formula is C22H24N4O2S. The number of nitrogens with one attached hydrogen (secondary N) is 2. The van der Waals surface area contributed by atoms with Crippen LogP contribution >= 0.6 is 11.3 Å². The Bertz CT molecular complexity index is 1060. The molecule has 7 heteroatoms. The summed E-state index contributed by atoms with van der Waals surface area (Å²) in [5.74, 6) is 0.813. The fourth-order valence-electron chi connectivity index (χ4n) is 4.04. The molecular weight excluding hydrogens is 384 g/mol. The molecule has 1 amide bonds. The second kappa shape index (κ2) is 7.65. The Labute approximate surface area is 173 Å². The minimum absolute atomic E-state index is 0.0266. The first-order chi connectivity index (χ1) is 14.2. The van der Waals surface area contributed by atoms with Crippen molar-refractivity contribution in [1.82, 2.24) is 15.6 Å². The summed E-state index contributed by atoms with van der Waals surface area (Å²) < 4.78 is 6.78. The maximum atomic E-state index is 13.0. The van der Waals surface area contributed by atoms with E-state index in [1.54, 1.807) is 11.3 Å². The molecule has 3 heterocycles. The Hall–Kier alpha value is -2.64. The molecule has 0 radical (unpaired) electrons. The molecule has 0 spiro atoms. The number of nitrogens with zero attached hydrogens (tertiary/aromatic N) is 2. The minimum Gasteiger partial charge on any atom is -0.493 e. The van der Waals surface area contributed by atoms with E-state index in [1.165, 1.54) is 0 Å². The van der Waals surface area contributed by atoms with E-state index in [4.69, 9.17) is 9.72 Å². The van der Waals surface area contributed by atoms with Crippen LogP contribution in [0.25, 0.3) is 10.2 Å². The van der Waals surface area contributed by atoms with Gasteiger partial charge in [-0.3, -0.25) is 4.79 Å². The highest BCUT2D eigenvalue weighted by atomic mass is 32.1. The van der Waals surface area contributed by atoms with Crippen LogP contribution in [-0.4, -0.2) is 43.7 Å². The van der Waals surface area contributed by atoms with Crippen molar-refractivity contribution < 1.29 is 9.53 Å². The maximum Gasteiger partial charge on any atom is 0.251 e. The summed E-state index contributed by atoms with van der Waals surface area (Å²) >= 11 is 1.67. The van der Waals surface area contributed by atoms with Crippen molar-refractivity contribution in [2.24, 2.45) is 0 Å². The molecule has 1 atom stereocenters. The number of ether oxygens (including phenoxy) is 1. The van der Waals surface area contributed by atoms with Crippen molar-refractivity contribution in [2.45, 2.75) is 19.4 Å². The van der Waals surface area contributed by atoms with E-state index in [0.29, 0.717) is 12.2 Å². The number of hydrogen-bond donors (Lipinski definition) is 2. The molecule has 1 aromatic heterocycles. The minimum atomic E-state index is -0.0474. The first-order valence-electron chi connectivity index (χ1n) is 10.1. The number of para-hydroxylation sites is 1. The molecule has 5 rings (SSSR count). The number of carbonyl (C=O) groups is 1. The van der Waals surface area contributed by atoms with Crippen molar-refractivity contribution in [3.05, 3.63) is 53.1 Å². The van der Waals surface area contributed by atoms with E-state index >= 15 is 0 Å². The Morgan fingerprint density at radius 2 is 2.10 bits per heavy atom. The summed E-state index contributed by atoms with van der Waals surface area (Å²) in [5, 5.41) is 7.62. The number of carbonyl (C=O) groups excluding carboxylic acids is 1. The lowest BCUT2D eigenvalue weighted by Crippen LogP contribution is -2.43. The van der Waals surface area contributed by atoms with Crippen LogP contribution in [-0.2, 0) is 0 Å². The number of benzene rings is 2. The lowest BCUT2D eigenvalue weighted by Gasteiger charge is -2.26. The Morgan fingerprint density at radius 1 is 1.28 bits per heavy atom. The zero-order chi connectivity index (χ0) is 19.8. The monoisotopic (exact) mass is 408 g/mol. The molecule has 6 nitrogen and oxygen atoms in total. The third-order valence-corrected chi connectivity index (χ3v) is 6.65. The number of aromatic nitrogens is 1. The highest BCUT2D eigenvalue weighted by molar-refractivity contribution is 7.22. The summed E-state index contributed by atoms with van der Waals surface area (Å²) in [6.07, 6.45) is 0.775. The zero-order valence-corrected chi connectivity index (χ0v) is 17.2. The van der Waals surface area contributed by atoms with E-state index in [1.807, 2.05) is 43.3 Å². The van der Waals surface area contributed by atoms with Crippen LogP contribution in [0.5, 0.6) is 5.75 Å². The molecule has 2 aliphatic rings. The number of thiazole rings is 1. The molecule has 150 valence electrons. The van der Waals surface area contributed by atoms with E-state index < -0.39 is 0 Å². The van der Waals surface area contributed by atoms with Crippen LogP contribution in [0.15, 0.2) is 36.4 Å². The van der Waals surface area contributed by atoms with Gasteiger partial charge in [-0.1, -0.05) is 29.5 Å². The number of rotatable bonds is 3. The topological polar surface area (TPSA) is 66.5 Å². The number of piperazine rings is 1. The van der Waals surface area contributed by atoms with Gasteiger partial charge in [-0.05, 0) is 30.7 Å². The fraction of sp³-hybridized carbons (Fsp3) is 0.364. The van der Waals surface area contributed by atoms with Crippen LogP contribution in [0.1, 0.15) is 33.9 Å². The SMILES string of the molecule is Cc1cc(C(=O)N[C@H]2CCOc3ccccc32)cc2sc(N3CCNCC3)nc12. The zero-order valence-electron chi connectivity index (χ0n) is 16.4. The van der Waals surface area contributed by atoms with Gasteiger partial charge < -0.3 is 20.3 Å². The summed E-state index contributed by atoms with van der Waals surface area (Å²) in [5.41, 5.74) is 3.77. The molecule has 0 unspecified atom stereocenters. The summed E-state index contributed by atoms with van der Waals surface area (Å²) in [6, 6.07) is 11.8. The second-order valence-corrected chi connectivity index (χ2v) is 8.58. The third-order valence-electron chi connectivity index (χ3n) is 5.59. The number of fused-ring (bicyclic) bond motifs is 2. The first kappa shape index (κ1) is 18.4. The van der Waals surface area contributed by atoms with Crippen molar-refractivity contribution in [3.63, 3.8) is 0 Å². The average Bonchev–Trinajstić information content (AvgIpc) is 3.20. The maximum absolute atomic E-state index is 13.0. The van der Waals surface area contributed by atoms with Crippen LogP contribution in [0.4, 0.5) is 5.13 Å². The van der Waals surface area contributed by atoms with Crippen molar-refractivity contribution >= 4 is 32.6 Å². The first-order valence-corrected chi connectivity index (χ1v) is 10.9. The Kier molecular flexibility index (Phi) is 4.85. The molecule has 29 heavy (non-hydrogen) atoms. The van der Waals surface area contributed by atoms with E-state index in [9.17, 15) is 4.79 Å². The standard InChI is InChI=1S/C22H24N4O2S/c1-14-12-15(13-19-20(14)25-22(29-19)26-9-7-23-8-10-26)21(27)24-17-6-11-28-18-5-3-2-4-16(17)18/h2-5,12-13,17,23H,6-11H2,1H3,(H,24,27)/t17-/m0/s1. The Balaban J connectivity index is 1.41. The third kappa shape index (κ3) is 3.56. The van der Waals surface area contributed by atoms with Gasteiger partial charge in [0.1, 0.15) is 5.75 Å². The number of hydrogen-bond acceptors (Lipinski definition) is 6. The van der Waals surface area contributed by atoms with E-state index in [0.717, 1.165) is 64.8 Å². The summed E-state index contributed by atoms with van der Waals surface area (Å²) in [7, 11) is 0. The highest BCUT2D eigenvalue weighted by Crippen LogP contribution is 2.34. The smallest absolute Gasteiger partial charge is 0.251 e. The molecule has 1 fully saturated rings. The van der Waals surface area contributed by atoms with Gasteiger partial charge in [0, 0.05) is 43.7 Å². The number of anilines is 1. The molecule has 2 aliphatic heterocycles. The lowest BCUT2D eigenvalue weighted by atomic mass is 10.00. The van der Waals surface area contributed by atoms with Gasteiger partial charge in [-0.25, -0.2) is 4.98 Å². The quantitative estimate of drug-likeness (QED) is 0.696. The van der Waals surface area contributed by atoms with Crippen molar-refractivity contribution in [1.29, 1.82) is 0 Å². The fourth-order valence-corrected chi connectivity index (χ4v) is 5.18. The normalized spacial score (nSPS) is 18.9. The van der Waals surface area contributed by atoms with Gasteiger partial charge in [0.25, 0.3) is 5.91 Å². The van der Waals surface area contributed by atoms with Crippen LogP contribution in [0.2, 0.25) is 0 Å². The lowest BCUT2D eigenvalue weighted by molar-refractivity contribution is 0.0925. The molecule has 3 aromatic rings. The predicted molar refractivity (Wildman–Crippen MR) is 116 cm³/mol. The molecule has 2 aromatic carbocycles. The second-order valence-electron chi connectivity index (χ2n) is 7.57. The van der Waals surface area contributed by atoms with Crippen LogP contribution < -0.4 is 20.3 Å². The molecule has 1 saturated heterocycles. The van der Waals surface area contributed by atoms with Crippen LogP contribution in [0, 0.1) is 6.92 Å². The van der Waals surface area contributed by atoms with Gasteiger partial charge in [-0.15, -0.1) is 0 Å². The van der Waals surface area contributed by atoms with Gasteiger partial charge in [0.05, 0.1) is 22.9 Å². The Morgan fingerprint density at radius 3 is 2.97 bits per heavy atom. The average molecular weight is 409 g/mol. The predicted octanol–water partition coefficient (Wildman–Crippen LogP) is 3.27. The summed E-state index contributed by atoms with van der Waals surface area (Å²) in [4.78, 5) is 20.2. The molecule has 0 saturated carbocycles. The van der Waals surface area contributed by atoms with Gasteiger partial charge >= 0.3 is 0 Å². The van der Waals surface area contributed by atoms with Crippen molar-refractivity contribution in [2.75, 3.05) is 37.7 Å². The van der Waals surface area contributed by atoms with Gasteiger partial charge in [0.15, 0.2) is 5.13 Å². The van der Waals surface area contributed by atoms with E-state index in [2.05, 4.69) is 15.5 Å². The highest BCUT2D eigenvalue weighted by Gasteiger charge is 2.24. The van der Waals surface area contributed by atoms with Gasteiger partial charge in [0.2, 0.25) is 0 Å². The summed E-state index contributed by atoms with van der Waals surface area (Å²) in [6.45, 7) is 6.54. The molecule has 0 aliphatic carbocycles. The number of aryl methyl sites for hydroxylation is 1. The van der Waals surface area contributed by atoms with E-state index in [-0.39, 0.29) is 11.9 Å². The largest absolute Gasteiger partial charge is 0.493 e. The van der Waals surface area contributed by atoms with Crippen molar-refractivity contribution in [3.8, 4) is 5.75 Å². The van der Waals surface area contributed by atoms with Gasteiger partial charge in [-0.2, -0.15) is 0 Å². The van der Waals surface area contributed by atoms with Crippen LogP contribution in [0.3, 0.4) is 0 Å². The number of amides is 1.